The highest BCUT2D eigenvalue weighted by atomic mass is 16.5. The molecule has 0 spiro atoms. The SMILES string of the molecule is Cc1ccc(Cc2cc([C@@H]3O[C@H](CO)[C@@H](O)[C@H](O)[C@H]3O)c(C)c3c2CCC3)cc1. The van der Waals surface area contributed by atoms with Crippen LogP contribution in [0.3, 0.4) is 0 Å². The first-order valence-corrected chi connectivity index (χ1v) is 10.4. The molecule has 1 aliphatic carbocycles. The van der Waals surface area contributed by atoms with Crippen LogP contribution >= 0.6 is 0 Å². The molecule has 0 saturated carbocycles. The Kier molecular flexibility index (Phi) is 5.78. The number of aliphatic hydroxyl groups excluding tert-OH is 4. The molecule has 2 aromatic carbocycles. The molecular weight excluding hydrogens is 368 g/mol. The number of rotatable bonds is 4. The molecule has 0 amide bonds. The average molecular weight is 398 g/mol. The zero-order valence-corrected chi connectivity index (χ0v) is 17.0. The summed E-state index contributed by atoms with van der Waals surface area (Å²) in [6.45, 7) is 3.70. The molecular formula is C24H30O5. The van der Waals surface area contributed by atoms with Gasteiger partial charge in [0.25, 0.3) is 0 Å². The molecule has 2 aliphatic rings. The quantitative estimate of drug-likeness (QED) is 0.632. The van der Waals surface area contributed by atoms with Gasteiger partial charge in [-0.05, 0) is 72.9 Å². The van der Waals surface area contributed by atoms with Gasteiger partial charge in [-0.1, -0.05) is 35.9 Å². The zero-order valence-electron chi connectivity index (χ0n) is 17.0. The second-order valence-electron chi connectivity index (χ2n) is 8.47. The third kappa shape index (κ3) is 3.74. The van der Waals surface area contributed by atoms with E-state index >= 15 is 0 Å². The Labute approximate surface area is 171 Å². The fourth-order valence-electron chi connectivity index (χ4n) is 4.81. The summed E-state index contributed by atoms with van der Waals surface area (Å²) < 4.78 is 5.87. The minimum absolute atomic E-state index is 0.415. The molecule has 1 fully saturated rings. The van der Waals surface area contributed by atoms with Gasteiger partial charge >= 0.3 is 0 Å². The lowest BCUT2D eigenvalue weighted by molar-refractivity contribution is -0.231. The van der Waals surface area contributed by atoms with Crippen molar-refractivity contribution in [1.29, 1.82) is 0 Å². The smallest absolute Gasteiger partial charge is 0.113 e. The molecule has 5 heteroatoms. The van der Waals surface area contributed by atoms with Crippen LogP contribution in [0.15, 0.2) is 30.3 Å². The van der Waals surface area contributed by atoms with Crippen LogP contribution in [0.4, 0.5) is 0 Å². The van der Waals surface area contributed by atoms with Crippen molar-refractivity contribution in [3.05, 3.63) is 69.3 Å². The van der Waals surface area contributed by atoms with Crippen molar-refractivity contribution in [2.45, 2.75) is 70.1 Å². The van der Waals surface area contributed by atoms with E-state index in [2.05, 4.69) is 37.3 Å². The maximum Gasteiger partial charge on any atom is 0.113 e. The molecule has 5 nitrogen and oxygen atoms in total. The Hall–Kier alpha value is -1.76. The molecule has 29 heavy (non-hydrogen) atoms. The number of aliphatic hydroxyl groups is 4. The fourth-order valence-corrected chi connectivity index (χ4v) is 4.81. The molecule has 1 heterocycles. The van der Waals surface area contributed by atoms with Gasteiger partial charge in [-0.2, -0.15) is 0 Å². The number of aryl methyl sites for hydroxylation is 1. The third-order valence-corrected chi connectivity index (χ3v) is 6.53. The standard InChI is InChI=1S/C24H30O5/c1-13-6-8-15(9-7-13)10-16-11-19(14(2)17-4-3-5-18(16)17)24-23(28)22(27)21(26)20(12-25)29-24/h6-9,11,20-28H,3-5,10,12H2,1-2H3/t20-,21-,22+,23-,24+/m1/s1. The predicted molar refractivity (Wildman–Crippen MR) is 110 cm³/mol. The van der Waals surface area contributed by atoms with Crippen LogP contribution in [0.25, 0.3) is 0 Å². The lowest BCUT2D eigenvalue weighted by atomic mass is 9.84. The van der Waals surface area contributed by atoms with E-state index in [0.29, 0.717) is 0 Å². The summed E-state index contributed by atoms with van der Waals surface area (Å²) in [6, 6.07) is 10.6. The largest absolute Gasteiger partial charge is 0.394 e. The summed E-state index contributed by atoms with van der Waals surface area (Å²) in [7, 11) is 0. The highest BCUT2D eigenvalue weighted by Crippen LogP contribution is 2.39. The van der Waals surface area contributed by atoms with Gasteiger partial charge in [0, 0.05) is 0 Å². The first kappa shape index (κ1) is 20.5. The van der Waals surface area contributed by atoms with E-state index < -0.39 is 37.1 Å². The highest BCUT2D eigenvalue weighted by Gasteiger charge is 2.44. The average Bonchev–Trinajstić information content (AvgIpc) is 3.21. The number of ether oxygens (including phenoxy) is 1. The van der Waals surface area contributed by atoms with Crippen LogP contribution in [-0.4, -0.2) is 51.4 Å². The molecule has 4 N–H and O–H groups in total. The number of benzene rings is 2. The van der Waals surface area contributed by atoms with E-state index in [1.165, 1.54) is 27.8 Å². The van der Waals surface area contributed by atoms with Crippen molar-refractivity contribution < 1.29 is 25.2 Å². The van der Waals surface area contributed by atoms with Gasteiger partial charge in [-0.3, -0.25) is 0 Å². The van der Waals surface area contributed by atoms with Gasteiger partial charge in [-0.15, -0.1) is 0 Å². The lowest BCUT2D eigenvalue weighted by Gasteiger charge is -2.41. The van der Waals surface area contributed by atoms with Crippen molar-refractivity contribution in [1.82, 2.24) is 0 Å². The summed E-state index contributed by atoms with van der Waals surface area (Å²) in [5, 5.41) is 40.6. The van der Waals surface area contributed by atoms with E-state index in [4.69, 9.17) is 4.74 Å². The summed E-state index contributed by atoms with van der Waals surface area (Å²) >= 11 is 0. The fraction of sp³-hybridized carbons (Fsp3) is 0.500. The molecule has 1 saturated heterocycles. The van der Waals surface area contributed by atoms with E-state index in [1.807, 2.05) is 6.92 Å². The first-order chi connectivity index (χ1) is 13.9. The maximum absolute atomic E-state index is 10.6. The predicted octanol–water partition coefficient (Wildman–Crippen LogP) is 1.90. The second kappa shape index (κ2) is 8.17. The Balaban J connectivity index is 1.75. The van der Waals surface area contributed by atoms with E-state index in [9.17, 15) is 20.4 Å². The lowest BCUT2D eigenvalue weighted by Crippen LogP contribution is -2.55. The highest BCUT2D eigenvalue weighted by molar-refractivity contribution is 5.50. The summed E-state index contributed by atoms with van der Waals surface area (Å²) in [4.78, 5) is 0. The summed E-state index contributed by atoms with van der Waals surface area (Å²) in [6.07, 6.45) is -1.69. The Bertz CT molecular complexity index is 874. The number of fused-ring (bicyclic) bond motifs is 1. The normalized spacial score (nSPS) is 29.1. The Morgan fingerprint density at radius 2 is 1.62 bits per heavy atom. The van der Waals surface area contributed by atoms with E-state index in [-0.39, 0.29) is 0 Å². The second-order valence-corrected chi connectivity index (χ2v) is 8.47. The van der Waals surface area contributed by atoms with Gasteiger partial charge in [0.1, 0.15) is 30.5 Å². The van der Waals surface area contributed by atoms with Gasteiger partial charge in [0.05, 0.1) is 6.61 Å². The summed E-state index contributed by atoms with van der Waals surface area (Å²) in [5.41, 5.74) is 8.29. The van der Waals surface area contributed by atoms with Crippen molar-refractivity contribution in [2.75, 3.05) is 6.61 Å². The molecule has 0 radical (unpaired) electrons. The topological polar surface area (TPSA) is 90.2 Å². The van der Waals surface area contributed by atoms with E-state index in [0.717, 1.165) is 36.8 Å². The van der Waals surface area contributed by atoms with E-state index in [1.54, 1.807) is 0 Å². The van der Waals surface area contributed by atoms with Gasteiger partial charge < -0.3 is 25.2 Å². The monoisotopic (exact) mass is 398 g/mol. The van der Waals surface area contributed by atoms with Crippen LogP contribution in [0, 0.1) is 13.8 Å². The van der Waals surface area contributed by atoms with Gasteiger partial charge in [-0.25, -0.2) is 0 Å². The van der Waals surface area contributed by atoms with Crippen molar-refractivity contribution >= 4 is 0 Å². The van der Waals surface area contributed by atoms with Crippen LogP contribution in [0.1, 0.15) is 51.5 Å². The molecule has 0 aromatic heterocycles. The van der Waals surface area contributed by atoms with Crippen LogP contribution < -0.4 is 0 Å². The number of hydrogen-bond donors (Lipinski definition) is 4. The molecule has 5 atom stereocenters. The van der Waals surface area contributed by atoms with Crippen LogP contribution in [0.5, 0.6) is 0 Å². The molecule has 156 valence electrons. The minimum Gasteiger partial charge on any atom is -0.394 e. The van der Waals surface area contributed by atoms with Crippen molar-refractivity contribution in [3.63, 3.8) is 0 Å². The van der Waals surface area contributed by atoms with Gasteiger partial charge in [0.2, 0.25) is 0 Å². The molecule has 0 bridgehead atoms. The molecule has 0 unspecified atom stereocenters. The van der Waals surface area contributed by atoms with Crippen LogP contribution in [-0.2, 0) is 24.0 Å². The minimum atomic E-state index is -1.36. The van der Waals surface area contributed by atoms with Crippen molar-refractivity contribution in [2.24, 2.45) is 0 Å². The third-order valence-electron chi connectivity index (χ3n) is 6.53. The van der Waals surface area contributed by atoms with Gasteiger partial charge in [0.15, 0.2) is 0 Å². The summed E-state index contributed by atoms with van der Waals surface area (Å²) in [5.74, 6) is 0. The maximum atomic E-state index is 10.6. The number of hydrogen-bond acceptors (Lipinski definition) is 5. The Morgan fingerprint density at radius 1 is 0.931 bits per heavy atom. The van der Waals surface area contributed by atoms with Crippen LogP contribution in [0.2, 0.25) is 0 Å². The first-order valence-electron chi connectivity index (χ1n) is 10.4. The zero-order chi connectivity index (χ0) is 20.7. The Morgan fingerprint density at radius 3 is 2.31 bits per heavy atom. The molecule has 4 rings (SSSR count). The molecule has 2 aromatic rings. The van der Waals surface area contributed by atoms with Crippen molar-refractivity contribution in [3.8, 4) is 0 Å². The molecule has 1 aliphatic heterocycles.